The summed E-state index contributed by atoms with van der Waals surface area (Å²) < 4.78 is 13.8. The number of benzene rings is 1. The molecule has 0 radical (unpaired) electrons. The molecule has 3 aliphatic rings. The average molecular weight is 364 g/mol. The van der Waals surface area contributed by atoms with Gasteiger partial charge in [-0.2, -0.15) is 0 Å². The van der Waals surface area contributed by atoms with Gasteiger partial charge in [0, 0.05) is 17.9 Å². The molecule has 4 heterocycles. The molecule has 3 fully saturated rings. The molecule has 0 spiro atoms. The maximum absolute atomic E-state index is 6.28. The van der Waals surface area contributed by atoms with Crippen LogP contribution in [0.1, 0.15) is 36.2 Å². The van der Waals surface area contributed by atoms with E-state index in [1.54, 1.807) is 4.52 Å². The lowest BCUT2D eigenvalue weighted by atomic mass is 9.69. The van der Waals surface area contributed by atoms with E-state index >= 15 is 0 Å². The summed E-state index contributed by atoms with van der Waals surface area (Å²) in [5, 5.41) is 4.68. The van der Waals surface area contributed by atoms with E-state index in [4.69, 9.17) is 20.2 Å². The van der Waals surface area contributed by atoms with Crippen LogP contribution in [0.2, 0.25) is 0 Å². The molecule has 2 aliphatic heterocycles. The van der Waals surface area contributed by atoms with Crippen molar-refractivity contribution in [1.82, 2.24) is 14.6 Å². The van der Waals surface area contributed by atoms with E-state index in [1.807, 2.05) is 25.3 Å². The first-order valence-corrected chi connectivity index (χ1v) is 9.51. The number of hydrogen-bond donors (Lipinski definition) is 1. The predicted molar refractivity (Wildman–Crippen MR) is 102 cm³/mol. The minimum absolute atomic E-state index is 0.00217. The van der Waals surface area contributed by atoms with Crippen LogP contribution in [0.15, 0.2) is 42.6 Å². The van der Waals surface area contributed by atoms with Gasteiger partial charge in [-0.25, -0.2) is 9.50 Å². The van der Waals surface area contributed by atoms with Crippen LogP contribution in [0.5, 0.6) is 5.75 Å². The number of nitrogens with two attached hydrogens (primary N) is 1. The van der Waals surface area contributed by atoms with Gasteiger partial charge in [0.15, 0.2) is 11.5 Å². The molecule has 6 heteroatoms. The largest absolute Gasteiger partial charge is 0.491 e. The smallest absolute Gasteiger partial charge is 0.185 e. The molecule has 3 unspecified atom stereocenters. The Bertz CT molecular complexity index is 983. The Morgan fingerprint density at radius 3 is 2.89 bits per heavy atom. The van der Waals surface area contributed by atoms with Gasteiger partial charge in [-0.15, -0.1) is 5.10 Å². The molecule has 140 valence electrons. The van der Waals surface area contributed by atoms with Crippen molar-refractivity contribution in [3.63, 3.8) is 0 Å². The summed E-state index contributed by atoms with van der Waals surface area (Å²) in [6, 6.07) is 12.4. The Morgan fingerprint density at radius 1 is 1.37 bits per heavy atom. The van der Waals surface area contributed by atoms with Crippen molar-refractivity contribution in [3.8, 4) is 5.75 Å². The van der Waals surface area contributed by atoms with Crippen molar-refractivity contribution < 1.29 is 9.47 Å². The molecule has 1 saturated carbocycles. The Labute approximate surface area is 158 Å². The minimum atomic E-state index is -0.494. The summed E-state index contributed by atoms with van der Waals surface area (Å²) in [5.41, 5.74) is 8.91. The number of rotatable bonds is 5. The predicted octanol–water partition coefficient (Wildman–Crippen LogP) is 2.79. The third-order valence-electron chi connectivity index (χ3n) is 6.01. The van der Waals surface area contributed by atoms with Gasteiger partial charge in [0.05, 0.1) is 19.4 Å². The van der Waals surface area contributed by atoms with Crippen LogP contribution < -0.4 is 10.5 Å². The summed E-state index contributed by atoms with van der Waals surface area (Å²) in [5.74, 6) is 2.24. The molecule has 4 atom stereocenters. The van der Waals surface area contributed by atoms with E-state index in [0.717, 1.165) is 23.4 Å². The van der Waals surface area contributed by atoms with Crippen LogP contribution in [0.25, 0.3) is 5.65 Å². The zero-order chi connectivity index (χ0) is 18.6. The van der Waals surface area contributed by atoms with Crippen molar-refractivity contribution in [2.45, 2.75) is 37.8 Å². The molecular weight excluding hydrogens is 340 g/mol. The van der Waals surface area contributed by atoms with Crippen LogP contribution in [0.4, 0.5) is 0 Å². The molecule has 2 saturated heterocycles. The fraction of sp³-hybridized carbons (Fsp3) is 0.429. The van der Waals surface area contributed by atoms with Crippen LogP contribution in [0.3, 0.4) is 0 Å². The maximum Gasteiger partial charge on any atom is 0.185 e. The second kappa shape index (κ2) is 6.04. The monoisotopic (exact) mass is 364 g/mol. The number of ether oxygens (including phenoxy) is 2. The Balaban J connectivity index is 1.38. The number of hydrogen-bond acceptors (Lipinski definition) is 5. The topological polar surface area (TPSA) is 74.7 Å². The Kier molecular flexibility index (Phi) is 3.74. The number of aromatic nitrogens is 3. The first kappa shape index (κ1) is 16.7. The van der Waals surface area contributed by atoms with Crippen LogP contribution in [-0.2, 0) is 10.3 Å². The first-order chi connectivity index (χ1) is 13.1. The number of aryl methyl sites for hydroxylation is 1. The van der Waals surface area contributed by atoms with Gasteiger partial charge >= 0.3 is 0 Å². The molecular formula is C21H24N4O2. The number of nitrogens with zero attached hydrogens (tertiary/aromatic N) is 3. The molecule has 27 heavy (non-hydrogen) atoms. The highest BCUT2D eigenvalue weighted by Gasteiger charge is 2.62. The number of pyridine rings is 1. The molecule has 6 rings (SSSR count). The highest BCUT2D eigenvalue weighted by Crippen LogP contribution is 2.53. The molecule has 6 nitrogen and oxygen atoms in total. The van der Waals surface area contributed by atoms with Gasteiger partial charge in [-0.1, -0.05) is 37.3 Å². The standard InChI is InChI=1S/C21H24N4O2/c1-13-8-17(26-11-14(2)15-6-4-3-5-7-15)10-25-19(13)23-20(24-25)21-9-16(12-27-21)18(21)22/h3-8,10,14,16,18H,9,11-12,22H2,1-2H3/t14-,16?,18?,21?/m0/s1. The summed E-state index contributed by atoms with van der Waals surface area (Å²) in [4.78, 5) is 4.73. The quantitative estimate of drug-likeness (QED) is 0.753. The van der Waals surface area contributed by atoms with E-state index in [2.05, 4.69) is 36.3 Å². The van der Waals surface area contributed by atoms with Gasteiger partial charge in [0.25, 0.3) is 0 Å². The van der Waals surface area contributed by atoms with E-state index in [-0.39, 0.29) is 6.04 Å². The number of fused-ring (bicyclic) bond motifs is 2. The van der Waals surface area contributed by atoms with Crippen LogP contribution in [-0.4, -0.2) is 33.9 Å². The molecule has 0 amide bonds. The van der Waals surface area contributed by atoms with E-state index in [9.17, 15) is 0 Å². The van der Waals surface area contributed by atoms with Gasteiger partial charge in [-0.3, -0.25) is 0 Å². The summed E-state index contributed by atoms with van der Waals surface area (Å²) >= 11 is 0. The molecule has 2 bridgehead atoms. The zero-order valence-corrected chi connectivity index (χ0v) is 15.6. The Hall–Kier alpha value is -2.44. The van der Waals surface area contributed by atoms with Crippen molar-refractivity contribution in [2.75, 3.05) is 13.2 Å². The molecule has 3 aromatic rings. The second-order valence-corrected chi connectivity index (χ2v) is 7.88. The van der Waals surface area contributed by atoms with Gasteiger partial charge < -0.3 is 15.2 Å². The molecule has 2 aromatic heterocycles. The van der Waals surface area contributed by atoms with Crippen molar-refractivity contribution in [2.24, 2.45) is 11.7 Å². The van der Waals surface area contributed by atoms with Crippen molar-refractivity contribution in [3.05, 3.63) is 59.5 Å². The summed E-state index contributed by atoms with van der Waals surface area (Å²) in [7, 11) is 0. The lowest BCUT2D eigenvalue weighted by Gasteiger charge is -2.40. The van der Waals surface area contributed by atoms with Crippen LogP contribution >= 0.6 is 0 Å². The fourth-order valence-corrected chi connectivity index (χ4v) is 4.23. The first-order valence-electron chi connectivity index (χ1n) is 9.51. The van der Waals surface area contributed by atoms with Crippen LogP contribution in [0, 0.1) is 12.8 Å². The minimum Gasteiger partial charge on any atom is -0.491 e. The van der Waals surface area contributed by atoms with Crippen molar-refractivity contribution >= 4 is 5.65 Å². The fourth-order valence-electron chi connectivity index (χ4n) is 4.23. The van der Waals surface area contributed by atoms with Gasteiger partial charge in [0.1, 0.15) is 11.4 Å². The third kappa shape index (κ3) is 2.55. The highest BCUT2D eigenvalue weighted by atomic mass is 16.5. The lowest BCUT2D eigenvalue weighted by Crippen LogP contribution is -2.55. The highest BCUT2D eigenvalue weighted by molar-refractivity contribution is 5.50. The zero-order valence-electron chi connectivity index (χ0n) is 15.6. The lowest BCUT2D eigenvalue weighted by molar-refractivity contribution is -0.0287. The van der Waals surface area contributed by atoms with Crippen molar-refractivity contribution in [1.29, 1.82) is 0 Å². The molecule has 1 aromatic carbocycles. The van der Waals surface area contributed by atoms with E-state index in [1.165, 1.54) is 5.56 Å². The molecule has 2 N–H and O–H groups in total. The second-order valence-electron chi connectivity index (χ2n) is 7.88. The summed E-state index contributed by atoms with van der Waals surface area (Å²) in [6.45, 7) is 5.51. The van der Waals surface area contributed by atoms with E-state index in [0.29, 0.717) is 30.9 Å². The summed E-state index contributed by atoms with van der Waals surface area (Å²) in [6.07, 6.45) is 2.81. The van der Waals surface area contributed by atoms with E-state index < -0.39 is 5.60 Å². The van der Waals surface area contributed by atoms with Gasteiger partial charge in [-0.05, 0) is 30.5 Å². The van der Waals surface area contributed by atoms with Gasteiger partial charge in [0.2, 0.25) is 0 Å². The third-order valence-corrected chi connectivity index (χ3v) is 6.01. The average Bonchev–Trinajstić information content (AvgIpc) is 3.39. The SMILES string of the molecule is Cc1cc(OC[C@H](C)c2ccccc2)cn2nc(C34CC(CO3)C4N)nc12. The maximum atomic E-state index is 6.28. The molecule has 1 aliphatic carbocycles. The Morgan fingerprint density at radius 2 is 2.19 bits per heavy atom. The normalized spacial score (nSPS) is 27.5.